The van der Waals surface area contributed by atoms with E-state index in [1.54, 1.807) is 7.11 Å². The van der Waals surface area contributed by atoms with Crippen LogP contribution in [0.15, 0.2) is 24.3 Å². The molecule has 5 nitrogen and oxygen atoms in total. The van der Waals surface area contributed by atoms with Crippen LogP contribution in [0.25, 0.3) is 0 Å². The van der Waals surface area contributed by atoms with Crippen molar-refractivity contribution >= 4 is 30.7 Å². The van der Waals surface area contributed by atoms with Crippen LogP contribution in [0.4, 0.5) is 0 Å². The normalized spacial score (nSPS) is 17.0. The zero-order valence-corrected chi connectivity index (χ0v) is 16.3. The molecule has 138 valence electrons. The van der Waals surface area contributed by atoms with E-state index in [0.717, 1.165) is 43.9 Å². The molecular formula is C17H29Cl2N3O2. The molecule has 1 saturated heterocycles. The number of methoxy groups -OCH3 is 1. The first-order valence-electron chi connectivity index (χ1n) is 7.99. The first-order chi connectivity index (χ1) is 10.7. The molecule has 0 radical (unpaired) electrons. The Labute approximate surface area is 157 Å². The zero-order valence-electron chi connectivity index (χ0n) is 14.7. The van der Waals surface area contributed by atoms with E-state index in [4.69, 9.17) is 4.74 Å². The number of rotatable bonds is 6. The molecule has 1 fully saturated rings. The monoisotopic (exact) mass is 377 g/mol. The van der Waals surface area contributed by atoms with Crippen LogP contribution in [0.3, 0.4) is 0 Å². The second-order valence-corrected chi connectivity index (χ2v) is 5.79. The smallest absolute Gasteiger partial charge is 0.237 e. The van der Waals surface area contributed by atoms with Crippen LogP contribution in [0.1, 0.15) is 24.9 Å². The highest BCUT2D eigenvalue weighted by Gasteiger charge is 2.29. The lowest BCUT2D eigenvalue weighted by atomic mass is 10.0. The summed E-state index contributed by atoms with van der Waals surface area (Å²) >= 11 is 0. The highest BCUT2D eigenvalue weighted by Crippen LogP contribution is 2.30. The van der Waals surface area contributed by atoms with Crippen LogP contribution in [-0.2, 0) is 4.79 Å². The number of piperazine rings is 1. The van der Waals surface area contributed by atoms with Crippen molar-refractivity contribution in [2.45, 2.75) is 19.4 Å². The quantitative estimate of drug-likeness (QED) is 0.826. The van der Waals surface area contributed by atoms with Gasteiger partial charge in [0.1, 0.15) is 5.75 Å². The van der Waals surface area contributed by atoms with Crippen LogP contribution < -0.4 is 10.1 Å². The summed E-state index contributed by atoms with van der Waals surface area (Å²) in [5, 5.41) is 3.38. The number of hydrogen-bond acceptors (Lipinski definition) is 4. The van der Waals surface area contributed by atoms with Crippen molar-refractivity contribution in [2.75, 3.05) is 46.9 Å². The first kappa shape index (κ1) is 23.0. The van der Waals surface area contributed by atoms with Gasteiger partial charge < -0.3 is 15.0 Å². The molecule has 2 rings (SSSR count). The minimum atomic E-state index is 0. The number of benzene rings is 1. The summed E-state index contributed by atoms with van der Waals surface area (Å²) in [4.78, 5) is 16.8. The first-order valence-corrected chi connectivity index (χ1v) is 7.99. The summed E-state index contributed by atoms with van der Waals surface area (Å²) in [6.07, 6.45) is 1.06. The summed E-state index contributed by atoms with van der Waals surface area (Å²) in [6, 6.07) is 7.99. The molecule has 24 heavy (non-hydrogen) atoms. The molecule has 0 saturated carbocycles. The second kappa shape index (κ2) is 11.5. The summed E-state index contributed by atoms with van der Waals surface area (Å²) in [5.41, 5.74) is 1.07. The van der Waals surface area contributed by atoms with Crippen molar-refractivity contribution in [3.05, 3.63) is 29.8 Å². The van der Waals surface area contributed by atoms with E-state index < -0.39 is 0 Å². The summed E-state index contributed by atoms with van der Waals surface area (Å²) < 4.78 is 5.47. The number of carbonyl (C=O) groups is 1. The van der Waals surface area contributed by atoms with Crippen LogP contribution in [0.5, 0.6) is 5.75 Å². The van der Waals surface area contributed by atoms with E-state index in [2.05, 4.69) is 17.1 Å². The third kappa shape index (κ3) is 5.81. The average Bonchev–Trinajstić information content (AvgIpc) is 2.55. The van der Waals surface area contributed by atoms with Gasteiger partial charge in [-0.3, -0.25) is 9.69 Å². The van der Waals surface area contributed by atoms with Gasteiger partial charge in [-0.15, -0.1) is 24.8 Å². The Morgan fingerprint density at radius 3 is 2.75 bits per heavy atom. The molecule has 1 atom stereocenters. The van der Waals surface area contributed by atoms with Crippen LogP contribution in [0, 0.1) is 0 Å². The molecule has 0 aliphatic carbocycles. The maximum Gasteiger partial charge on any atom is 0.237 e. The number of halogens is 2. The molecule has 1 aromatic rings. The van der Waals surface area contributed by atoms with Gasteiger partial charge in [-0.05, 0) is 26.1 Å². The number of nitrogens with zero attached hydrogens (tertiary/aromatic N) is 2. The van der Waals surface area contributed by atoms with Crippen molar-refractivity contribution in [2.24, 2.45) is 0 Å². The van der Waals surface area contributed by atoms with E-state index >= 15 is 0 Å². The fourth-order valence-corrected chi connectivity index (χ4v) is 3.00. The largest absolute Gasteiger partial charge is 0.496 e. The molecule has 1 aliphatic rings. The molecule has 1 aromatic carbocycles. The van der Waals surface area contributed by atoms with Gasteiger partial charge in [0.25, 0.3) is 0 Å². The predicted octanol–water partition coefficient (Wildman–Crippen LogP) is 2.35. The van der Waals surface area contributed by atoms with E-state index in [1.165, 1.54) is 0 Å². The molecule has 1 amide bonds. The maximum absolute atomic E-state index is 12.7. The van der Waals surface area contributed by atoms with E-state index in [1.807, 2.05) is 36.2 Å². The third-order valence-electron chi connectivity index (χ3n) is 4.07. The fourth-order valence-electron chi connectivity index (χ4n) is 3.00. The number of carbonyl (C=O) groups excluding carboxylic acids is 1. The minimum Gasteiger partial charge on any atom is -0.496 e. The lowest BCUT2D eigenvalue weighted by Crippen LogP contribution is -2.51. The fraction of sp³-hybridized carbons (Fsp3) is 0.588. The van der Waals surface area contributed by atoms with Gasteiger partial charge in [0.05, 0.1) is 19.7 Å². The number of nitrogens with one attached hydrogen (secondary N) is 1. The van der Waals surface area contributed by atoms with Crippen molar-refractivity contribution in [3.63, 3.8) is 0 Å². The molecule has 1 aliphatic heterocycles. The van der Waals surface area contributed by atoms with E-state index in [0.29, 0.717) is 6.54 Å². The molecule has 1 heterocycles. The average molecular weight is 378 g/mol. The number of hydrogen-bond donors (Lipinski definition) is 1. The Hall–Kier alpha value is -1.01. The highest BCUT2D eigenvalue weighted by molar-refractivity contribution is 5.85. The summed E-state index contributed by atoms with van der Waals surface area (Å²) in [6.45, 7) is 5.89. The van der Waals surface area contributed by atoms with Crippen LogP contribution in [-0.4, -0.2) is 62.6 Å². The summed E-state index contributed by atoms with van der Waals surface area (Å²) in [5.74, 6) is 1.03. The summed E-state index contributed by atoms with van der Waals surface area (Å²) in [7, 11) is 3.68. The number of amides is 1. The van der Waals surface area contributed by atoms with Crippen molar-refractivity contribution in [1.29, 1.82) is 0 Å². The van der Waals surface area contributed by atoms with Gasteiger partial charge in [-0.1, -0.05) is 25.1 Å². The van der Waals surface area contributed by atoms with Gasteiger partial charge in [0.15, 0.2) is 0 Å². The SMILES string of the molecule is CCCN(C)CC(=O)N1CCNCC1c1ccccc1OC.Cl.Cl. The highest BCUT2D eigenvalue weighted by atomic mass is 35.5. The van der Waals surface area contributed by atoms with Gasteiger partial charge in [0, 0.05) is 25.2 Å². The topological polar surface area (TPSA) is 44.8 Å². The Kier molecular flexibility index (Phi) is 11.0. The third-order valence-corrected chi connectivity index (χ3v) is 4.07. The molecule has 1 N–H and O–H groups in total. The van der Waals surface area contributed by atoms with Crippen LogP contribution in [0.2, 0.25) is 0 Å². The minimum absolute atomic E-state index is 0. The predicted molar refractivity (Wildman–Crippen MR) is 103 cm³/mol. The number of likely N-dealkylation sites (N-methyl/N-ethyl adjacent to an activating group) is 1. The molecule has 1 unspecified atom stereocenters. The molecule has 0 bridgehead atoms. The second-order valence-electron chi connectivity index (χ2n) is 5.79. The molecule has 7 heteroatoms. The van der Waals surface area contributed by atoms with Gasteiger partial charge >= 0.3 is 0 Å². The number of ether oxygens (including phenoxy) is 1. The lowest BCUT2D eigenvalue weighted by Gasteiger charge is -2.38. The Bertz CT molecular complexity index is 502. The van der Waals surface area contributed by atoms with Crippen molar-refractivity contribution in [1.82, 2.24) is 15.1 Å². The van der Waals surface area contributed by atoms with Crippen molar-refractivity contribution in [3.8, 4) is 5.75 Å². The molecule has 0 aromatic heterocycles. The lowest BCUT2D eigenvalue weighted by molar-refractivity contribution is -0.135. The maximum atomic E-state index is 12.7. The number of para-hydroxylation sites is 1. The Morgan fingerprint density at radius 1 is 1.38 bits per heavy atom. The van der Waals surface area contributed by atoms with E-state index in [9.17, 15) is 4.79 Å². The van der Waals surface area contributed by atoms with Gasteiger partial charge in [-0.25, -0.2) is 0 Å². The van der Waals surface area contributed by atoms with E-state index in [-0.39, 0.29) is 36.8 Å². The van der Waals surface area contributed by atoms with Crippen LogP contribution >= 0.6 is 24.8 Å². The molecular weight excluding hydrogens is 349 g/mol. The molecule has 0 spiro atoms. The standard InChI is InChI=1S/C17H27N3O2.2ClH/c1-4-10-19(2)13-17(21)20-11-9-18-12-15(20)14-7-5-6-8-16(14)22-3;;/h5-8,15,18H,4,9-13H2,1-3H3;2*1H. The van der Waals surface area contributed by atoms with Crippen molar-refractivity contribution < 1.29 is 9.53 Å². The van der Waals surface area contributed by atoms with Gasteiger partial charge in [0.2, 0.25) is 5.91 Å². The Balaban J connectivity index is 0.00000264. The van der Waals surface area contributed by atoms with Gasteiger partial charge in [-0.2, -0.15) is 0 Å². The Morgan fingerprint density at radius 2 is 2.08 bits per heavy atom. The zero-order chi connectivity index (χ0) is 15.9.